The third kappa shape index (κ3) is 3.44. The van der Waals surface area contributed by atoms with Crippen LogP contribution in [-0.2, 0) is 5.41 Å². The van der Waals surface area contributed by atoms with Gasteiger partial charge in [-0.1, -0.05) is 44.1 Å². The molecule has 1 heterocycles. The molecule has 0 bridgehead atoms. The maximum absolute atomic E-state index is 6.01. The average molecular weight is 308 g/mol. The normalized spacial score (nSPS) is 11.7. The molecule has 0 aliphatic heterocycles. The standard InChI is InChI=1S/C15H18ClN3S/c1-9-12(17)18-14(15(2,3)4)19-13(9)20-11-7-5-10(16)6-8-11/h5-8H,1-4H3,(H2,17,18,19). The van der Waals surface area contributed by atoms with Gasteiger partial charge >= 0.3 is 0 Å². The lowest BCUT2D eigenvalue weighted by atomic mass is 9.95. The van der Waals surface area contributed by atoms with Crippen LogP contribution >= 0.6 is 23.4 Å². The molecule has 0 fully saturated rings. The SMILES string of the molecule is Cc1c(N)nc(C(C)(C)C)nc1Sc1ccc(Cl)cc1. The zero-order chi connectivity index (χ0) is 14.9. The van der Waals surface area contributed by atoms with Crippen LogP contribution in [0.15, 0.2) is 34.2 Å². The number of halogens is 1. The van der Waals surface area contributed by atoms with Gasteiger partial charge in [-0.3, -0.25) is 0 Å². The highest BCUT2D eigenvalue weighted by molar-refractivity contribution is 7.99. The van der Waals surface area contributed by atoms with Crippen LogP contribution in [-0.4, -0.2) is 9.97 Å². The van der Waals surface area contributed by atoms with Crippen LogP contribution in [0.2, 0.25) is 5.02 Å². The number of aromatic nitrogens is 2. The molecule has 0 saturated carbocycles. The Bertz CT molecular complexity index is 618. The predicted octanol–water partition coefficient (Wildman–Crippen LogP) is 4.47. The summed E-state index contributed by atoms with van der Waals surface area (Å²) in [5.74, 6) is 1.30. The molecule has 0 amide bonds. The van der Waals surface area contributed by atoms with Crippen LogP contribution in [0.3, 0.4) is 0 Å². The Morgan fingerprint density at radius 1 is 1.10 bits per heavy atom. The van der Waals surface area contributed by atoms with Gasteiger partial charge < -0.3 is 5.73 Å². The van der Waals surface area contributed by atoms with Gasteiger partial charge in [-0.2, -0.15) is 0 Å². The second kappa shape index (κ2) is 5.62. The minimum absolute atomic E-state index is 0.128. The van der Waals surface area contributed by atoms with E-state index in [0.717, 1.165) is 26.3 Å². The van der Waals surface area contributed by atoms with Gasteiger partial charge in [0.05, 0.1) is 0 Å². The van der Waals surface area contributed by atoms with Crippen molar-refractivity contribution in [2.24, 2.45) is 0 Å². The largest absolute Gasteiger partial charge is 0.383 e. The lowest BCUT2D eigenvalue weighted by Crippen LogP contribution is -2.18. The Morgan fingerprint density at radius 2 is 1.70 bits per heavy atom. The topological polar surface area (TPSA) is 51.8 Å². The third-order valence-corrected chi connectivity index (χ3v) is 4.19. The van der Waals surface area contributed by atoms with Crippen molar-refractivity contribution in [1.29, 1.82) is 0 Å². The van der Waals surface area contributed by atoms with E-state index in [1.54, 1.807) is 11.8 Å². The number of nitrogen functional groups attached to an aromatic ring is 1. The van der Waals surface area contributed by atoms with E-state index in [0.29, 0.717) is 5.82 Å². The lowest BCUT2D eigenvalue weighted by molar-refractivity contribution is 0.538. The first kappa shape index (κ1) is 15.1. The summed E-state index contributed by atoms with van der Waals surface area (Å²) in [6.07, 6.45) is 0. The van der Waals surface area contributed by atoms with Crippen molar-refractivity contribution >= 4 is 29.2 Å². The van der Waals surface area contributed by atoms with Crippen LogP contribution in [0.25, 0.3) is 0 Å². The molecule has 0 atom stereocenters. The molecule has 106 valence electrons. The molecular weight excluding hydrogens is 290 g/mol. The smallest absolute Gasteiger partial charge is 0.137 e. The van der Waals surface area contributed by atoms with Gasteiger partial charge in [-0.15, -0.1) is 0 Å². The number of nitrogens with zero attached hydrogens (tertiary/aromatic N) is 2. The van der Waals surface area contributed by atoms with E-state index in [2.05, 4.69) is 30.7 Å². The number of nitrogens with two attached hydrogens (primary N) is 1. The van der Waals surface area contributed by atoms with Crippen molar-refractivity contribution in [3.63, 3.8) is 0 Å². The Kier molecular flexibility index (Phi) is 4.25. The van der Waals surface area contributed by atoms with Crippen molar-refractivity contribution in [3.8, 4) is 0 Å². The monoisotopic (exact) mass is 307 g/mol. The Labute approximate surface area is 129 Å². The highest BCUT2D eigenvalue weighted by Crippen LogP contribution is 2.33. The number of hydrogen-bond donors (Lipinski definition) is 1. The molecular formula is C15H18ClN3S. The molecule has 2 aromatic rings. The molecule has 0 unspecified atom stereocenters. The fraction of sp³-hybridized carbons (Fsp3) is 0.333. The summed E-state index contributed by atoms with van der Waals surface area (Å²) in [5.41, 5.74) is 6.80. The van der Waals surface area contributed by atoms with Crippen LogP contribution in [0.4, 0.5) is 5.82 Å². The molecule has 0 aliphatic rings. The molecule has 3 nitrogen and oxygen atoms in total. The first-order valence-electron chi connectivity index (χ1n) is 6.35. The zero-order valence-corrected chi connectivity index (χ0v) is 13.6. The molecule has 0 aliphatic carbocycles. The third-order valence-electron chi connectivity index (χ3n) is 2.84. The van der Waals surface area contributed by atoms with E-state index >= 15 is 0 Å². The maximum Gasteiger partial charge on any atom is 0.137 e. The number of hydrogen-bond acceptors (Lipinski definition) is 4. The summed E-state index contributed by atoms with van der Waals surface area (Å²) < 4.78 is 0. The molecule has 0 saturated heterocycles. The van der Waals surface area contributed by atoms with E-state index in [1.165, 1.54) is 0 Å². The van der Waals surface area contributed by atoms with Crippen molar-refractivity contribution in [1.82, 2.24) is 9.97 Å². The van der Waals surface area contributed by atoms with Crippen LogP contribution in [0, 0.1) is 6.92 Å². The quantitative estimate of drug-likeness (QED) is 0.832. The van der Waals surface area contributed by atoms with Gasteiger partial charge in [0.2, 0.25) is 0 Å². The Balaban J connectivity index is 2.40. The molecule has 1 aromatic carbocycles. The van der Waals surface area contributed by atoms with Gasteiger partial charge in [-0.25, -0.2) is 9.97 Å². The fourth-order valence-electron chi connectivity index (χ4n) is 1.56. The second-order valence-electron chi connectivity index (χ2n) is 5.67. The summed E-state index contributed by atoms with van der Waals surface area (Å²) in [6, 6.07) is 7.69. The Hall–Kier alpha value is -1.26. The van der Waals surface area contributed by atoms with E-state index in [4.69, 9.17) is 17.3 Å². The van der Waals surface area contributed by atoms with E-state index in [1.807, 2.05) is 31.2 Å². The minimum Gasteiger partial charge on any atom is -0.383 e. The minimum atomic E-state index is -0.128. The Morgan fingerprint density at radius 3 is 2.25 bits per heavy atom. The van der Waals surface area contributed by atoms with Crippen LogP contribution in [0.1, 0.15) is 32.2 Å². The van der Waals surface area contributed by atoms with Gasteiger partial charge in [0.15, 0.2) is 0 Å². The molecule has 2 N–H and O–H groups in total. The predicted molar refractivity (Wildman–Crippen MR) is 85.5 cm³/mol. The van der Waals surface area contributed by atoms with Crippen molar-refractivity contribution in [2.75, 3.05) is 5.73 Å². The molecule has 5 heteroatoms. The van der Waals surface area contributed by atoms with E-state index in [-0.39, 0.29) is 5.41 Å². The number of rotatable bonds is 2. The van der Waals surface area contributed by atoms with E-state index < -0.39 is 0 Å². The van der Waals surface area contributed by atoms with Crippen molar-refractivity contribution < 1.29 is 0 Å². The van der Waals surface area contributed by atoms with Gasteiger partial charge in [0, 0.05) is 20.9 Å². The summed E-state index contributed by atoms with van der Waals surface area (Å²) >= 11 is 7.48. The maximum atomic E-state index is 6.01. The van der Waals surface area contributed by atoms with Crippen molar-refractivity contribution in [3.05, 3.63) is 40.7 Å². The second-order valence-corrected chi connectivity index (χ2v) is 7.17. The summed E-state index contributed by atoms with van der Waals surface area (Å²) in [7, 11) is 0. The lowest BCUT2D eigenvalue weighted by Gasteiger charge is -2.19. The van der Waals surface area contributed by atoms with Gasteiger partial charge in [0.25, 0.3) is 0 Å². The molecule has 20 heavy (non-hydrogen) atoms. The van der Waals surface area contributed by atoms with Crippen LogP contribution in [0.5, 0.6) is 0 Å². The summed E-state index contributed by atoms with van der Waals surface area (Å²) in [6.45, 7) is 8.18. The van der Waals surface area contributed by atoms with Gasteiger partial charge in [-0.05, 0) is 31.2 Å². The first-order valence-corrected chi connectivity index (χ1v) is 7.55. The highest BCUT2D eigenvalue weighted by atomic mass is 35.5. The molecule has 0 radical (unpaired) electrons. The van der Waals surface area contributed by atoms with Gasteiger partial charge in [0.1, 0.15) is 16.7 Å². The number of anilines is 1. The zero-order valence-electron chi connectivity index (χ0n) is 12.1. The average Bonchev–Trinajstić information content (AvgIpc) is 2.36. The fourth-order valence-corrected chi connectivity index (χ4v) is 2.57. The molecule has 0 spiro atoms. The van der Waals surface area contributed by atoms with Crippen molar-refractivity contribution in [2.45, 2.75) is 43.0 Å². The van der Waals surface area contributed by atoms with E-state index in [9.17, 15) is 0 Å². The summed E-state index contributed by atoms with van der Waals surface area (Å²) in [4.78, 5) is 10.1. The number of benzene rings is 1. The summed E-state index contributed by atoms with van der Waals surface area (Å²) in [5, 5.41) is 1.62. The first-order chi connectivity index (χ1) is 9.27. The van der Waals surface area contributed by atoms with Crippen LogP contribution < -0.4 is 5.73 Å². The molecule has 1 aromatic heterocycles. The molecule has 2 rings (SSSR count). The highest BCUT2D eigenvalue weighted by Gasteiger charge is 2.20.